The molecule has 0 radical (unpaired) electrons. The van der Waals surface area contributed by atoms with E-state index in [0.29, 0.717) is 0 Å². The first kappa shape index (κ1) is 17.7. The van der Waals surface area contributed by atoms with Gasteiger partial charge < -0.3 is 9.97 Å². The maximum Gasteiger partial charge on any atom is 0.106 e. The number of benzene rings is 2. The summed E-state index contributed by atoms with van der Waals surface area (Å²) < 4.78 is 0. The molecule has 142 valence electrons. The van der Waals surface area contributed by atoms with E-state index in [1.807, 2.05) is 24.5 Å². The first-order valence-electron chi connectivity index (χ1n) is 9.72. The highest BCUT2D eigenvalue weighted by atomic mass is 32.1. The van der Waals surface area contributed by atoms with Gasteiger partial charge >= 0.3 is 0 Å². The number of H-pyrrole nitrogens is 2. The minimum atomic E-state index is 0.0938. The molecule has 0 spiro atoms. The molecule has 3 aromatic heterocycles. The van der Waals surface area contributed by atoms with Crippen LogP contribution in [0.1, 0.15) is 45.1 Å². The van der Waals surface area contributed by atoms with E-state index in [0.717, 1.165) is 22.1 Å². The molecule has 2 aromatic carbocycles. The first-order chi connectivity index (χ1) is 14.4. The monoisotopic (exact) mass is 395 g/mol. The van der Waals surface area contributed by atoms with Gasteiger partial charge in [0.25, 0.3) is 0 Å². The van der Waals surface area contributed by atoms with Gasteiger partial charge in [-0.3, -0.25) is 0 Å². The predicted octanol–water partition coefficient (Wildman–Crippen LogP) is 6.16. The summed E-state index contributed by atoms with van der Waals surface area (Å²) in [5.74, 6) is 0.196. The normalized spacial score (nSPS) is 13.2. The van der Waals surface area contributed by atoms with Crippen molar-refractivity contribution >= 4 is 11.3 Å². The van der Waals surface area contributed by atoms with Crippen LogP contribution >= 0.6 is 11.3 Å². The molecule has 0 saturated carbocycles. The smallest absolute Gasteiger partial charge is 0.106 e. The van der Waals surface area contributed by atoms with Crippen molar-refractivity contribution in [2.75, 3.05) is 0 Å². The molecule has 3 heterocycles. The second-order valence-electron chi connectivity index (χ2n) is 7.05. The van der Waals surface area contributed by atoms with E-state index in [9.17, 15) is 0 Å². The molecular formula is C25H21N3S. The van der Waals surface area contributed by atoms with Crippen molar-refractivity contribution in [2.45, 2.75) is 11.8 Å². The van der Waals surface area contributed by atoms with Crippen molar-refractivity contribution in [1.29, 1.82) is 0 Å². The molecule has 5 rings (SSSR count). The average Bonchev–Trinajstić information content (AvgIpc) is 3.54. The summed E-state index contributed by atoms with van der Waals surface area (Å²) in [6.07, 6.45) is 3.95. The zero-order valence-corrected chi connectivity index (χ0v) is 16.6. The Morgan fingerprint density at radius 2 is 1.17 bits per heavy atom. The highest BCUT2D eigenvalue weighted by Gasteiger charge is 2.25. The lowest BCUT2D eigenvalue weighted by Crippen LogP contribution is -2.07. The van der Waals surface area contributed by atoms with Gasteiger partial charge in [-0.25, -0.2) is 4.98 Å². The van der Waals surface area contributed by atoms with Crippen LogP contribution in [0.3, 0.4) is 0 Å². The lowest BCUT2D eigenvalue weighted by molar-refractivity contribution is 0.857. The Morgan fingerprint density at radius 1 is 0.621 bits per heavy atom. The highest BCUT2D eigenvalue weighted by molar-refractivity contribution is 7.09. The molecule has 0 aliphatic carbocycles. The van der Waals surface area contributed by atoms with Gasteiger partial charge in [-0.2, -0.15) is 0 Å². The number of aromatic amines is 2. The fourth-order valence-electron chi connectivity index (χ4n) is 3.87. The largest absolute Gasteiger partial charge is 0.364 e. The lowest BCUT2D eigenvalue weighted by Gasteiger charge is -2.16. The van der Waals surface area contributed by atoms with Gasteiger partial charge in [0, 0.05) is 29.2 Å². The Balaban J connectivity index is 1.59. The highest BCUT2D eigenvalue weighted by Crippen LogP contribution is 2.37. The molecule has 2 atom stereocenters. The van der Waals surface area contributed by atoms with Crippen LogP contribution in [0.5, 0.6) is 0 Å². The van der Waals surface area contributed by atoms with Crippen molar-refractivity contribution in [3.05, 3.63) is 136 Å². The summed E-state index contributed by atoms with van der Waals surface area (Å²) in [6, 6.07) is 29.5. The van der Waals surface area contributed by atoms with E-state index in [4.69, 9.17) is 4.98 Å². The van der Waals surface area contributed by atoms with Gasteiger partial charge in [0.15, 0.2) is 0 Å². The summed E-state index contributed by atoms with van der Waals surface area (Å²) in [5.41, 5.74) is 5.87. The molecule has 0 aliphatic heterocycles. The van der Waals surface area contributed by atoms with Crippen molar-refractivity contribution in [2.24, 2.45) is 0 Å². The summed E-state index contributed by atoms with van der Waals surface area (Å²) in [4.78, 5) is 11.9. The molecule has 5 aromatic rings. The van der Waals surface area contributed by atoms with Crippen LogP contribution in [0.4, 0.5) is 0 Å². The minimum absolute atomic E-state index is 0.0938. The van der Waals surface area contributed by atoms with Crippen LogP contribution < -0.4 is 0 Å². The van der Waals surface area contributed by atoms with Crippen LogP contribution in [0.25, 0.3) is 0 Å². The fraction of sp³-hybridized carbons (Fsp3) is 0.0800. The quantitative estimate of drug-likeness (QED) is 0.355. The van der Waals surface area contributed by atoms with E-state index in [-0.39, 0.29) is 11.8 Å². The second kappa shape index (κ2) is 7.94. The zero-order chi connectivity index (χ0) is 19.5. The van der Waals surface area contributed by atoms with Gasteiger partial charge in [-0.05, 0) is 35.4 Å². The van der Waals surface area contributed by atoms with Gasteiger partial charge in [-0.1, -0.05) is 60.7 Å². The zero-order valence-electron chi connectivity index (χ0n) is 15.8. The summed E-state index contributed by atoms with van der Waals surface area (Å²) in [7, 11) is 0. The molecule has 0 saturated heterocycles. The summed E-state index contributed by atoms with van der Waals surface area (Å²) in [5, 5.41) is 3.30. The van der Waals surface area contributed by atoms with E-state index in [1.54, 1.807) is 11.3 Å². The predicted molar refractivity (Wildman–Crippen MR) is 118 cm³/mol. The van der Waals surface area contributed by atoms with E-state index < -0.39 is 0 Å². The molecular weight excluding hydrogens is 374 g/mol. The molecule has 3 nitrogen and oxygen atoms in total. The number of hydrogen-bond donors (Lipinski definition) is 2. The number of nitrogens with one attached hydrogen (secondary N) is 2. The number of rotatable bonds is 6. The summed E-state index contributed by atoms with van der Waals surface area (Å²) in [6.45, 7) is 0. The van der Waals surface area contributed by atoms with Crippen LogP contribution in [-0.2, 0) is 0 Å². The van der Waals surface area contributed by atoms with Gasteiger partial charge in [0.05, 0.1) is 17.5 Å². The van der Waals surface area contributed by atoms with Crippen molar-refractivity contribution in [1.82, 2.24) is 15.0 Å². The van der Waals surface area contributed by atoms with E-state index in [1.165, 1.54) is 11.1 Å². The third-order valence-electron chi connectivity index (χ3n) is 5.21. The molecule has 0 amide bonds. The molecule has 0 fully saturated rings. The maximum atomic E-state index is 5.15. The molecule has 2 unspecified atom stereocenters. The third-order valence-corrected chi connectivity index (χ3v) is 6.14. The Bertz CT molecular complexity index is 1050. The number of thiazole rings is 1. The van der Waals surface area contributed by atoms with E-state index >= 15 is 0 Å². The molecule has 4 heteroatoms. The van der Waals surface area contributed by atoms with Gasteiger partial charge in [-0.15, -0.1) is 11.3 Å². The van der Waals surface area contributed by atoms with Gasteiger partial charge in [0.2, 0.25) is 0 Å². The molecule has 0 bridgehead atoms. The topological polar surface area (TPSA) is 44.5 Å². The van der Waals surface area contributed by atoms with Gasteiger partial charge in [0.1, 0.15) is 5.01 Å². The molecule has 0 aliphatic rings. The molecule has 2 N–H and O–H groups in total. The van der Waals surface area contributed by atoms with Crippen molar-refractivity contribution < 1.29 is 0 Å². The number of hydrogen-bond acceptors (Lipinski definition) is 2. The lowest BCUT2D eigenvalue weighted by atomic mass is 9.93. The Morgan fingerprint density at radius 3 is 1.72 bits per heavy atom. The fourth-order valence-corrected chi connectivity index (χ4v) is 4.86. The van der Waals surface area contributed by atoms with Crippen molar-refractivity contribution in [3.63, 3.8) is 0 Å². The third kappa shape index (κ3) is 3.55. The number of aromatic nitrogens is 3. The standard InChI is InChI=1S/C25H21N3S/c1-3-9-18(10-4-1)23(20-13-7-15-26-20)22-17-29-25(28-22)24(21-14-8-16-27-21)19-11-5-2-6-12-19/h1-17,23-24,26-27H. The minimum Gasteiger partial charge on any atom is -0.364 e. The maximum absolute atomic E-state index is 5.15. The van der Waals surface area contributed by atoms with Crippen LogP contribution in [-0.4, -0.2) is 15.0 Å². The average molecular weight is 396 g/mol. The number of nitrogens with zero attached hydrogens (tertiary/aromatic N) is 1. The molecule has 29 heavy (non-hydrogen) atoms. The summed E-state index contributed by atoms with van der Waals surface area (Å²) >= 11 is 1.73. The Hall–Kier alpha value is -3.37. The van der Waals surface area contributed by atoms with Crippen molar-refractivity contribution in [3.8, 4) is 0 Å². The van der Waals surface area contributed by atoms with Crippen LogP contribution in [0, 0.1) is 0 Å². The Kier molecular flexibility index (Phi) is 4.85. The second-order valence-corrected chi connectivity index (χ2v) is 7.94. The van der Waals surface area contributed by atoms with Crippen LogP contribution in [0.2, 0.25) is 0 Å². The van der Waals surface area contributed by atoms with Crippen LogP contribution in [0.15, 0.2) is 103 Å². The first-order valence-corrected chi connectivity index (χ1v) is 10.6. The SMILES string of the molecule is c1ccc(C(c2csc(C(c3ccccc3)c3ccc[nH]3)n2)c2ccc[nH]2)cc1. The Labute approximate surface area is 174 Å². The van der Waals surface area contributed by atoms with E-state index in [2.05, 4.69) is 88.1 Å².